The van der Waals surface area contributed by atoms with E-state index in [-0.39, 0.29) is 23.3 Å². The van der Waals surface area contributed by atoms with Crippen molar-refractivity contribution in [1.82, 2.24) is 23.7 Å². The van der Waals surface area contributed by atoms with E-state index < -0.39 is 17.2 Å². The van der Waals surface area contributed by atoms with Crippen LogP contribution < -0.4 is 16.6 Å². The highest BCUT2D eigenvalue weighted by Crippen LogP contribution is 2.24. The van der Waals surface area contributed by atoms with Crippen LogP contribution in [0.2, 0.25) is 5.02 Å². The third-order valence-corrected chi connectivity index (χ3v) is 6.05. The Morgan fingerprint density at radius 1 is 1.12 bits per heavy atom. The molecular formula is C23H19ClN6O4. The summed E-state index contributed by atoms with van der Waals surface area (Å²) in [7, 11) is 3.20. The number of carboxylic acid groups (broad SMARTS) is 1. The first kappa shape index (κ1) is 21.5. The number of halogens is 1. The minimum absolute atomic E-state index is 0.0288. The molecule has 5 aromatic rings. The fraction of sp³-hybridized carbons (Fsp3) is 0.130. The van der Waals surface area contributed by atoms with Crippen LogP contribution in [0, 0.1) is 0 Å². The summed E-state index contributed by atoms with van der Waals surface area (Å²) in [5, 5.41) is 13.6. The molecule has 11 heteroatoms. The first-order chi connectivity index (χ1) is 16.2. The van der Waals surface area contributed by atoms with Crippen molar-refractivity contribution in [3.8, 4) is 0 Å². The number of aromatic nitrogens is 5. The molecule has 0 bridgehead atoms. The Balaban J connectivity index is 1.60. The van der Waals surface area contributed by atoms with E-state index >= 15 is 0 Å². The quantitative estimate of drug-likeness (QED) is 0.356. The summed E-state index contributed by atoms with van der Waals surface area (Å²) < 4.78 is 3.99. The average Bonchev–Trinajstić information content (AvgIpc) is 3.37. The topological polar surface area (TPSA) is 127 Å². The number of aromatic carboxylic acids is 1. The van der Waals surface area contributed by atoms with Gasteiger partial charge in [0.2, 0.25) is 5.95 Å². The van der Waals surface area contributed by atoms with Crippen LogP contribution in [0.3, 0.4) is 0 Å². The lowest BCUT2D eigenvalue weighted by atomic mass is 10.2. The molecule has 0 spiro atoms. The van der Waals surface area contributed by atoms with Crippen LogP contribution in [0.25, 0.3) is 22.1 Å². The molecule has 0 saturated carbocycles. The van der Waals surface area contributed by atoms with Gasteiger partial charge in [-0.1, -0.05) is 23.7 Å². The highest BCUT2D eigenvalue weighted by atomic mass is 35.5. The fourth-order valence-corrected chi connectivity index (χ4v) is 4.21. The molecule has 3 heterocycles. The molecule has 0 unspecified atom stereocenters. The standard InChI is InChI=1S/C23H19ClN6O4/c1-28-18-19(27-22(28)26-13-6-3-5-12(9-13)21(32)33)29(2)23(34)30(20(18)31)11-14-10-15-16(24)7-4-8-17(15)25-14/h3-10,25H,11H2,1-2H3,(H,26,27)(H,32,33). The highest BCUT2D eigenvalue weighted by Gasteiger charge is 2.19. The van der Waals surface area contributed by atoms with Crippen molar-refractivity contribution < 1.29 is 9.90 Å². The molecule has 0 amide bonds. The molecule has 0 fully saturated rings. The second-order valence-electron chi connectivity index (χ2n) is 7.91. The number of anilines is 2. The van der Waals surface area contributed by atoms with Crippen molar-refractivity contribution in [3.05, 3.63) is 85.6 Å². The van der Waals surface area contributed by atoms with Gasteiger partial charge in [0.05, 0.1) is 12.1 Å². The van der Waals surface area contributed by atoms with E-state index in [4.69, 9.17) is 11.6 Å². The van der Waals surface area contributed by atoms with Crippen LogP contribution in [0.4, 0.5) is 11.6 Å². The molecule has 0 aliphatic rings. The maximum Gasteiger partial charge on any atom is 0.335 e. The maximum atomic E-state index is 13.4. The number of carboxylic acids is 1. The second kappa shape index (κ2) is 7.92. The zero-order chi connectivity index (χ0) is 24.1. The molecular weight excluding hydrogens is 460 g/mol. The van der Waals surface area contributed by atoms with Gasteiger partial charge in [0.25, 0.3) is 5.56 Å². The minimum Gasteiger partial charge on any atom is -0.478 e. The number of aromatic amines is 1. The number of carbonyl (C=O) groups is 1. The van der Waals surface area contributed by atoms with Gasteiger partial charge in [-0.25, -0.2) is 9.59 Å². The van der Waals surface area contributed by atoms with E-state index in [0.717, 1.165) is 15.5 Å². The Hall–Kier alpha value is -4.31. The minimum atomic E-state index is -1.06. The van der Waals surface area contributed by atoms with Crippen LogP contribution in [-0.2, 0) is 20.6 Å². The van der Waals surface area contributed by atoms with Gasteiger partial charge in [0.1, 0.15) is 0 Å². The Morgan fingerprint density at radius 3 is 2.62 bits per heavy atom. The molecule has 172 valence electrons. The van der Waals surface area contributed by atoms with E-state index in [0.29, 0.717) is 22.4 Å². The number of hydrogen-bond donors (Lipinski definition) is 3. The van der Waals surface area contributed by atoms with Crippen LogP contribution >= 0.6 is 11.6 Å². The molecule has 0 aliphatic heterocycles. The Labute approximate surface area is 196 Å². The van der Waals surface area contributed by atoms with Crippen molar-refractivity contribution in [2.24, 2.45) is 14.1 Å². The number of nitrogens with one attached hydrogen (secondary N) is 2. The van der Waals surface area contributed by atoms with Crippen LogP contribution in [-0.4, -0.2) is 34.7 Å². The first-order valence-electron chi connectivity index (χ1n) is 10.3. The van der Waals surface area contributed by atoms with Gasteiger partial charge in [-0.05, 0) is 36.4 Å². The van der Waals surface area contributed by atoms with E-state index in [2.05, 4.69) is 15.3 Å². The molecule has 10 nitrogen and oxygen atoms in total. The average molecular weight is 479 g/mol. The number of hydrogen-bond acceptors (Lipinski definition) is 5. The van der Waals surface area contributed by atoms with E-state index in [1.807, 2.05) is 18.2 Å². The van der Waals surface area contributed by atoms with Crippen molar-refractivity contribution in [3.63, 3.8) is 0 Å². The smallest absolute Gasteiger partial charge is 0.335 e. The van der Waals surface area contributed by atoms with Crippen molar-refractivity contribution in [1.29, 1.82) is 0 Å². The predicted octanol–water partition coefficient (Wildman–Crippen LogP) is 3.06. The summed E-state index contributed by atoms with van der Waals surface area (Å²) in [4.78, 5) is 45.3. The van der Waals surface area contributed by atoms with Crippen molar-refractivity contribution >= 4 is 51.3 Å². The molecule has 0 saturated heterocycles. The molecule has 2 aromatic carbocycles. The normalized spacial score (nSPS) is 11.4. The lowest BCUT2D eigenvalue weighted by Crippen LogP contribution is -2.39. The SMILES string of the molecule is Cn1c(Nc2cccc(C(=O)O)c2)nc2c1c(=O)n(Cc1cc3c(Cl)cccc3[nH]1)c(=O)n2C. The zero-order valence-electron chi connectivity index (χ0n) is 18.2. The monoisotopic (exact) mass is 478 g/mol. The van der Waals surface area contributed by atoms with Gasteiger partial charge in [-0.15, -0.1) is 0 Å². The molecule has 34 heavy (non-hydrogen) atoms. The summed E-state index contributed by atoms with van der Waals surface area (Å²) >= 11 is 6.25. The Morgan fingerprint density at radius 2 is 1.88 bits per heavy atom. The summed E-state index contributed by atoms with van der Waals surface area (Å²) in [6, 6.07) is 13.5. The number of nitrogens with zero attached hydrogens (tertiary/aromatic N) is 4. The van der Waals surface area contributed by atoms with Crippen LogP contribution in [0.5, 0.6) is 0 Å². The molecule has 0 radical (unpaired) electrons. The largest absolute Gasteiger partial charge is 0.478 e. The fourth-order valence-electron chi connectivity index (χ4n) is 3.99. The molecule has 3 aromatic heterocycles. The van der Waals surface area contributed by atoms with Crippen molar-refractivity contribution in [2.45, 2.75) is 6.54 Å². The molecule has 0 aliphatic carbocycles. The van der Waals surface area contributed by atoms with Crippen molar-refractivity contribution in [2.75, 3.05) is 5.32 Å². The highest BCUT2D eigenvalue weighted by molar-refractivity contribution is 6.35. The van der Waals surface area contributed by atoms with Crippen LogP contribution in [0.1, 0.15) is 16.1 Å². The van der Waals surface area contributed by atoms with Gasteiger partial charge in [-0.3, -0.25) is 13.9 Å². The van der Waals surface area contributed by atoms with Gasteiger partial charge in [0, 0.05) is 41.4 Å². The van der Waals surface area contributed by atoms with Crippen LogP contribution in [0.15, 0.2) is 58.1 Å². The lowest BCUT2D eigenvalue weighted by Gasteiger charge is -2.08. The molecule has 3 N–H and O–H groups in total. The van der Waals surface area contributed by atoms with E-state index in [1.165, 1.54) is 16.7 Å². The van der Waals surface area contributed by atoms with E-state index in [9.17, 15) is 19.5 Å². The summed E-state index contributed by atoms with van der Waals surface area (Å²) in [6.45, 7) is 0.0288. The second-order valence-corrected chi connectivity index (χ2v) is 8.31. The first-order valence-corrected chi connectivity index (χ1v) is 10.6. The number of imidazole rings is 1. The Bertz CT molecular complexity index is 1730. The van der Waals surface area contributed by atoms with Gasteiger partial charge in [0.15, 0.2) is 11.2 Å². The summed E-state index contributed by atoms with van der Waals surface area (Å²) in [5.41, 5.74) is 1.50. The van der Waals surface area contributed by atoms with Gasteiger partial charge >= 0.3 is 11.7 Å². The number of benzene rings is 2. The number of fused-ring (bicyclic) bond motifs is 2. The summed E-state index contributed by atoms with van der Waals surface area (Å²) in [6.07, 6.45) is 0. The van der Waals surface area contributed by atoms with E-state index in [1.54, 1.807) is 36.9 Å². The number of H-pyrrole nitrogens is 1. The summed E-state index contributed by atoms with van der Waals surface area (Å²) in [5.74, 6) is -0.767. The third kappa shape index (κ3) is 3.44. The third-order valence-electron chi connectivity index (χ3n) is 5.72. The van der Waals surface area contributed by atoms with Gasteiger partial charge < -0.3 is 20.0 Å². The Kier molecular flexibility index (Phi) is 5.02. The zero-order valence-corrected chi connectivity index (χ0v) is 18.9. The lowest BCUT2D eigenvalue weighted by molar-refractivity contribution is 0.0697. The maximum absolute atomic E-state index is 13.4. The predicted molar refractivity (Wildman–Crippen MR) is 129 cm³/mol. The number of aryl methyl sites for hydroxylation is 2. The van der Waals surface area contributed by atoms with Gasteiger partial charge in [-0.2, -0.15) is 4.98 Å². The molecule has 0 atom stereocenters. The number of rotatable bonds is 5. The molecule has 5 rings (SSSR count).